The zero-order valence-corrected chi connectivity index (χ0v) is 15.4. The van der Waals surface area contributed by atoms with Gasteiger partial charge in [0.2, 0.25) is 0 Å². The van der Waals surface area contributed by atoms with Gasteiger partial charge in [-0.25, -0.2) is 10.2 Å². The molecule has 1 N–H and O–H groups in total. The lowest BCUT2D eigenvalue weighted by molar-refractivity contribution is 0.152. The SMILES string of the molecule is CCOC(=O)N/N=C\c1cn(Cc2ccccc2)nc1-c1cccc(C)c1. The van der Waals surface area contributed by atoms with Crippen LogP contribution in [0.5, 0.6) is 0 Å². The summed E-state index contributed by atoms with van der Waals surface area (Å²) in [5, 5.41) is 8.72. The Labute approximate surface area is 158 Å². The van der Waals surface area contributed by atoms with Crippen LogP contribution in [0.1, 0.15) is 23.6 Å². The van der Waals surface area contributed by atoms with Gasteiger partial charge in [0.25, 0.3) is 0 Å². The van der Waals surface area contributed by atoms with E-state index in [1.807, 2.05) is 54.2 Å². The fraction of sp³-hybridized carbons (Fsp3) is 0.190. The Morgan fingerprint density at radius 3 is 2.78 bits per heavy atom. The maximum Gasteiger partial charge on any atom is 0.427 e. The van der Waals surface area contributed by atoms with Gasteiger partial charge in [0.05, 0.1) is 19.4 Å². The first-order valence-corrected chi connectivity index (χ1v) is 8.80. The molecule has 27 heavy (non-hydrogen) atoms. The molecule has 0 saturated heterocycles. The highest BCUT2D eigenvalue weighted by atomic mass is 16.5. The van der Waals surface area contributed by atoms with Gasteiger partial charge in [-0.2, -0.15) is 10.2 Å². The van der Waals surface area contributed by atoms with E-state index in [0.717, 1.165) is 27.9 Å². The Balaban J connectivity index is 1.89. The maximum absolute atomic E-state index is 11.4. The smallest absolute Gasteiger partial charge is 0.427 e. The largest absolute Gasteiger partial charge is 0.449 e. The monoisotopic (exact) mass is 362 g/mol. The van der Waals surface area contributed by atoms with Crippen molar-refractivity contribution in [1.82, 2.24) is 15.2 Å². The van der Waals surface area contributed by atoms with Crippen LogP contribution in [0.25, 0.3) is 11.3 Å². The average molecular weight is 362 g/mol. The Kier molecular flexibility index (Phi) is 5.99. The zero-order valence-electron chi connectivity index (χ0n) is 15.4. The third-order valence-electron chi connectivity index (χ3n) is 3.90. The van der Waals surface area contributed by atoms with Crippen molar-refractivity contribution >= 4 is 12.3 Å². The first kappa shape index (κ1) is 18.4. The number of carbonyl (C=O) groups excluding carboxylic acids is 1. The molecule has 6 heteroatoms. The summed E-state index contributed by atoms with van der Waals surface area (Å²) in [6.45, 7) is 4.73. The van der Waals surface area contributed by atoms with Crippen molar-refractivity contribution in [2.24, 2.45) is 5.10 Å². The minimum absolute atomic E-state index is 0.297. The summed E-state index contributed by atoms with van der Waals surface area (Å²) in [7, 11) is 0. The van der Waals surface area contributed by atoms with Crippen LogP contribution in [-0.4, -0.2) is 28.7 Å². The van der Waals surface area contributed by atoms with E-state index in [4.69, 9.17) is 9.84 Å². The first-order chi connectivity index (χ1) is 13.2. The predicted molar refractivity (Wildman–Crippen MR) is 106 cm³/mol. The quantitative estimate of drug-likeness (QED) is 0.532. The molecular formula is C21H22N4O2. The Bertz CT molecular complexity index is 932. The zero-order chi connectivity index (χ0) is 19.1. The van der Waals surface area contributed by atoms with Crippen molar-refractivity contribution in [1.29, 1.82) is 0 Å². The molecule has 6 nitrogen and oxygen atoms in total. The van der Waals surface area contributed by atoms with Gasteiger partial charge in [-0.3, -0.25) is 4.68 Å². The molecule has 3 rings (SSSR count). The normalized spacial score (nSPS) is 10.9. The van der Waals surface area contributed by atoms with Crippen LogP contribution in [-0.2, 0) is 11.3 Å². The summed E-state index contributed by atoms with van der Waals surface area (Å²) in [6, 6.07) is 18.2. The molecule has 0 unspecified atom stereocenters. The van der Waals surface area contributed by atoms with E-state index in [1.165, 1.54) is 0 Å². The third kappa shape index (κ3) is 5.04. The summed E-state index contributed by atoms with van der Waals surface area (Å²) in [5.41, 5.74) is 7.28. The van der Waals surface area contributed by atoms with Gasteiger partial charge in [0.15, 0.2) is 0 Å². The number of hydrogen-bond donors (Lipinski definition) is 1. The molecule has 0 radical (unpaired) electrons. The minimum Gasteiger partial charge on any atom is -0.449 e. The molecule has 3 aromatic rings. The lowest BCUT2D eigenvalue weighted by Gasteiger charge is -2.02. The molecule has 0 fully saturated rings. The Morgan fingerprint density at radius 2 is 2.04 bits per heavy atom. The van der Waals surface area contributed by atoms with Gasteiger partial charge < -0.3 is 4.74 Å². The molecule has 138 valence electrons. The Morgan fingerprint density at radius 1 is 1.22 bits per heavy atom. The molecule has 0 bridgehead atoms. The van der Waals surface area contributed by atoms with Crippen molar-refractivity contribution in [2.75, 3.05) is 6.61 Å². The highest BCUT2D eigenvalue weighted by Crippen LogP contribution is 2.22. The molecular weight excluding hydrogens is 340 g/mol. The number of nitrogens with one attached hydrogen (secondary N) is 1. The van der Waals surface area contributed by atoms with Crippen molar-refractivity contribution in [2.45, 2.75) is 20.4 Å². The average Bonchev–Trinajstić information content (AvgIpc) is 3.05. The minimum atomic E-state index is -0.581. The predicted octanol–water partition coefficient (Wildman–Crippen LogP) is 3.99. The number of rotatable bonds is 6. The van der Waals surface area contributed by atoms with E-state index >= 15 is 0 Å². The molecule has 0 saturated carbocycles. The topological polar surface area (TPSA) is 68.5 Å². The van der Waals surface area contributed by atoms with E-state index in [-0.39, 0.29) is 0 Å². The molecule has 1 aromatic heterocycles. The van der Waals surface area contributed by atoms with Gasteiger partial charge in [-0.15, -0.1) is 0 Å². The second kappa shape index (κ2) is 8.80. The fourth-order valence-electron chi connectivity index (χ4n) is 2.72. The second-order valence-electron chi connectivity index (χ2n) is 6.08. The molecule has 0 spiro atoms. The molecule has 1 amide bonds. The van der Waals surface area contributed by atoms with E-state index in [0.29, 0.717) is 13.2 Å². The summed E-state index contributed by atoms with van der Waals surface area (Å²) in [6.07, 6.45) is 2.92. The second-order valence-corrected chi connectivity index (χ2v) is 6.08. The van der Waals surface area contributed by atoms with Crippen LogP contribution in [0.3, 0.4) is 0 Å². The van der Waals surface area contributed by atoms with Gasteiger partial charge in [-0.1, -0.05) is 54.1 Å². The molecule has 0 aliphatic carbocycles. The maximum atomic E-state index is 11.4. The van der Waals surface area contributed by atoms with Crippen LogP contribution in [0.2, 0.25) is 0 Å². The van der Waals surface area contributed by atoms with Crippen molar-refractivity contribution in [3.63, 3.8) is 0 Å². The summed E-state index contributed by atoms with van der Waals surface area (Å²) >= 11 is 0. The highest BCUT2D eigenvalue weighted by Gasteiger charge is 2.11. The highest BCUT2D eigenvalue weighted by molar-refractivity contribution is 5.89. The van der Waals surface area contributed by atoms with E-state index < -0.39 is 6.09 Å². The number of aryl methyl sites for hydroxylation is 1. The Hall–Kier alpha value is -3.41. The van der Waals surface area contributed by atoms with E-state index in [9.17, 15) is 4.79 Å². The number of benzene rings is 2. The molecule has 0 aliphatic heterocycles. The molecule has 1 heterocycles. The van der Waals surface area contributed by atoms with E-state index in [2.05, 4.69) is 28.7 Å². The number of amides is 1. The number of carbonyl (C=O) groups is 1. The van der Waals surface area contributed by atoms with Crippen molar-refractivity contribution < 1.29 is 9.53 Å². The number of hydrazone groups is 1. The van der Waals surface area contributed by atoms with Crippen LogP contribution in [0.4, 0.5) is 4.79 Å². The first-order valence-electron chi connectivity index (χ1n) is 8.80. The fourth-order valence-corrected chi connectivity index (χ4v) is 2.72. The van der Waals surface area contributed by atoms with E-state index in [1.54, 1.807) is 13.1 Å². The number of nitrogens with zero attached hydrogens (tertiary/aromatic N) is 3. The summed E-state index contributed by atoms with van der Waals surface area (Å²) in [5.74, 6) is 0. The number of ether oxygens (including phenoxy) is 1. The van der Waals surface area contributed by atoms with Gasteiger partial charge in [0, 0.05) is 17.3 Å². The lowest BCUT2D eigenvalue weighted by atomic mass is 10.1. The van der Waals surface area contributed by atoms with Gasteiger partial charge in [0.1, 0.15) is 5.69 Å². The number of aromatic nitrogens is 2. The number of hydrogen-bond acceptors (Lipinski definition) is 4. The van der Waals surface area contributed by atoms with Crippen molar-refractivity contribution in [3.8, 4) is 11.3 Å². The summed E-state index contributed by atoms with van der Waals surface area (Å²) < 4.78 is 6.68. The molecule has 0 atom stereocenters. The van der Waals surface area contributed by atoms with Crippen LogP contribution in [0, 0.1) is 6.92 Å². The van der Waals surface area contributed by atoms with Crippen molar-refractivity contribution in [3.05, 3.63) is 77.5 Å². The van der Waals surface area contributed by atoms with Crippen LogP contribution in [0.15, 0.2) is 65.9 Å². The lowest BCUT2D eigenvalue weighted by Crippen LogP contribution is -2.18. The van der Waals surface area contributed by atoms with Crippen LogP contribution >= 0.6 is 0 Å². The third-order valence-corrected chi connectivity index (χ3v) is 3.90. The van der Waals surface area contributed by atoms with Gasteiger partial charge in [-0.05, 0) is 25.5 Å². The summed E-state index contributed by atoms with van der Waals surface area (Å²) in [4.78, 5) is 11.4. The van der Waals surface area contributed by atoms with Gasteiger partial charge >= 0.3 is 6.09 Å². The van der Waals surface area contributed by atoms with Crippen LogP contribution < -0.4 is 5.43 Å². The molecule has 0 aliphatic rings. The molecule has 2 aromatic carbocycles. The standard InChI is InChI=1S/C21H22N4O2/c1-3-27-21(26)23-22-13-19-15-25(14-17-9-5-4-6-10-17)24-20(19)18-11-7-8-16(2)12-18/h4-13,15H,3,14H2,1-2H3,(H,23,26)/b22-13-.